The van der Waals surface area contributed by atoms with Crippen molar-refractivity contribution < 1.29 is 19.1 Å². The van der Waals surface area contributed by atoms with E-state index in [0.717, 1.165) is 52.2 Å². The monoisotopic (exact) mass is 536 g/mol. The summed E-state index contributed by atoms with van der Waals surface area (Å²) in [7, 11) is 3.85. The van der Waals surface area contributed by atoms with Crippen molar-refractivity contribution in [2.45, 2.75) is 116 Å². The maximum absolute atomic E-state index is 6.51. The molecule has 2 aliphatic carbocycles. The molecule has 0 spiro atoms. The molecule has 0 N–H and O–H groups in total. The molecule has 0 aromatic rings. The van der Waals surface area contributed by atoms with Gasteiger partial charge in [0.15, 0.2) is 0 Å². The molecule has 0 bridgehead atoms. The summed E-state index contributed by atoms with van der Waals surface area (Å²) in [5.74, 6) is 1.66. The van der Waals surface area contributed by atoms with Crippen LogP contribution in [0.1, 0.15) is 82.1 Å². The molecule has 220 valence electrons. The number of hydrogen-bond acceptors (Lipinski definition) is 8. The molecule has 0 aromatic carbocycles. The summed E-state index contributed by atoms with van der Waals surface area (Å²) in [5, 5.41) is 4.57. The highest BCUT2D eigenvalue weighted by atomic mass is 16.7. The molecule has 3 saturated heterocycles. The number of nitrogens with zero attached hydrogens (tertiary/aromatic N) is 4. The topological polar surface area (TPSA) is 49.9 Å². The van der Waals surface area contributed by atoms with Crippen LogP contribution in [0.15, 0.2) is 0 Å². The number of piperazine rings is 1. The van der Waals surface area contributed by atoms with Crippen LogP contribution in [0.4, 0.5) is 0 Å². The van der Waals surface area contributed by atoms with Gasteiger partial charge in [-0.3, -0.25) is 19.5 Å². The average Bonchev–Trinajstić information content (AvgIpc) is 3.72. The number of methoxy groups -OCH3 is 2. The molecule has 3 heterocycles. The molecule has 8 heteroatoms. The van der Waals surface area contributed by atoms with Gasteiger partial charge >= 0.3 is 0 Å². The van der Waals surface area contributed by atoms with Gasteiger partial charge in [-0.25, -0.2) is 0 Å². The summed E-state index contributed by atoms with van der Waals surface area (Å²) in [6, 6.07) is 0. The molecule has 4 atom stereocenters. The molecular weight excluding hydrogens is 480 g/mol. The highest BCUT2D eigenvalue weighted by Gasteiger charge is 2.86. The van der Waals surface area contributed by atoms with E-state index in [0.29, 0.717) is 23.7 Å². The van der Waals surface area contributed by atoms with Crippen LogP contribution < -0.4 is 0 Å². The highest BCUT2D eigenvalue weighted by molar-refractivity contribution is 5.33. The van der Waals surface area contributed by atoms with E-state index in [4.69, 9.17) is 19.1 Å². The number of ether oxygens (including phenoxy) is 2. The first-order chi connectivity index (χ1) is 17.7. The second-order valence-corrected chi connectivity index (χ2v) is 14.7. The maximum atomic E-state index is 6.51. The van der Waals surface area contributed by atoms with Crippen molar-refractivity contribution in [2.24, 2.45) is 23.7 Å². The lowest BCUT2D eigenvalue weighted by molar-refractivity contribution is -0.283. The zero-order valence-corrected chi connectivity index (χ0v) is 26.4. The Labute approximate surface area is 232 Å². The minimum atomic E-state index is -0.228. The van der Waals surface area contributed by atoms with Gasteiger partial charge in [0.25, 0.3) is 0 Å². The predicted octanol–water partition coefficient (Wildman–Crippen LogP) is 4.21. The first-order valence-corrected chi connectivity index (χ1v) is 15.2. The van der Waals surface area contributed by atoms with Gasteiger partial charge in [-0.15, -0.1) is 0 Å². The van der Waals surface area contributed by atoms with Crippen molar-refractivity contribution in [1.82, 2.24) is 19.9 Å². The fourth-order valence-electron chi connectivity index (χ4n) is 10.3. The fraction of sp³-hybridized carbons (Fsp3) is 1.00. The Hall–Kier alpha value is -0.320. The Morgan fingerprint density at radius 2 is 0.789 bits per heavy atom. The number of hydrogen-bond donors (Lipinski definition) is 0. The largest absolute Gasteiger partial charge is 0.363 e. The molecule has 0 aromatic heterocycles. The Kier molecular flexibility index (Phi) is 6.98. The van der Waals surface area contributed by atoms with Crippen molar-refractivity contribution in [3.63, 3.8) is 0 Å². The average molecular weight is 537 g/mol. The van der Waals surface area contributed by atoms with Gasteiger partial charge in [-0.2, -0.15) is 10.1 Å². The first-order valence-electron chi connectivity index (χ1n) is 15.2. The highest BCUT2D eigenvalue weighted by Crippen LogP contribution is 2.74. The van der Waals surface area contributed by atoms with Crippen LogP contribution in [0.2, 0.25) is 0 Å². The summed E-state index contributed by atoms with van der Waals surface area (Å²) in [4.78, 5) is 17.9. The first kappa shape index (κ1) is 29.2. The van der Waals surface area contributed by atoms with Crippen LogP contribution in [0, 0.1) is 23.7 Å². The van der Waals surface area contributed by atoms with E-state index in [1.54, 1.807) is 0 Å². The molecule has 38 heavy (non-hydrogen) atoms. The zero-order chi connectivity index (χ0) is 28.1. The lowest BCUT2D eigenvalue weighted by atomic mass is 9.94. The lowest BCUT2D eigenvalue weighted by Crippen LogP contribution is -2.65. The fourth-order valence-corrected chi connectivity index (χ4v) is 10.3. The van der Waals surface area contributed by atoms with Crippen LogP contribution in [-0.2, 0) is 19.1 Å². The molecule has 5 rings (SSSR count). The van der Waals surface area contributed by atoms with Crippen molar-refractivity contribution in [3.05, 3.63) is 0 Å². The van der Waals surface area contributed by atoms with Gasteiger partial charge in [0.2, 0.25) is 0 Å². The second kappa shape index (κ2) is 9.09. The van der Waals surface area contributed by atoms with E-state index < -0.39 is 0 Å². The van der Waals surface area contributed by atoms with E-state index in [9.17, 15) is 0 Å². The SMILES string of the molecule is CCCON1C(C)(C)C2C(C1(C)C)C2(OC)N1CCN(C2(OC)C3C2C(C)(C)N(OCCC)C3(C)C)CC1. The Morgan fingerprint density at radius 3 is 1.00 bits per heavy atom. The summed E-state index contributed by atoms with van der Waals surface area (Å²) in [6.45, 7) is 28.6. The Morgan fingerprint density at radius 1 is 0.526 bits per heavy atom. The number of fused-ring (bicyclic) bond motifs is 2. The van der Waals surface area contributed by atoms with E-state index in [-0.39, 0.29) is 33.6 Å². The third kappa shape index (κ3) is 3.44. The number of hydroxylamine groups is 4. The molecular formula is C30H56N4O4. The van der Waals surface area contributed by atoms with Gasteiger partial charge in [-0.1, -0.05) is 13.8 Å². The minimum Gasteiger partial charge on any atom is -0.363 e. The number of piperidine rings is 2. The molecule has 5 aliphatic rings. The number of rotatable bonds is 10. The van der Waals surface area contributed by atoms with Crippen LogP contribution >= 0.6 is 0 Å². The quantitative estimate of drug-likeness (QED) is 0.412. The third-order valence-electron chi connectivity index (χ3n) is 11.1. The second-order valence-electron chi connectivity index (χ2n) is 14.7. The van der Waals surface area contributed by atoms with Crippen LogP contribution in [0.3, 0.4) is 0 Å². The van der Waals surface area contributed by atoms with E-state index in [2.05, 4.69) is 89.2 Å². The standard InChI is InChI=1S/C30H56N4O4/c1-13-19-37-33-25(3,4)21-22(26(33,5)6)29(21,35-11)31-15-17-32(18-16-31)30(36-12)23-24(30)28(9,10)34(27(23,7)8)38-20-14-2/h21-24H,13-20H2,1-12H3. The molecule has 0 radical (unpaired) electrons. The molecule has 5 fully saturated rings. The maximum Gasteiger partial charge on any atom is 0.131 e. The summed E-state index contributed by atoms with van der Waals surface area (Å²) < 4.78 is 13.0. The normalized spacial score (nSPS) is 43.3. The third-order valence-corrected chi connectivity index (χ3v) is 11.1. The van der Waals surface area contributed by atoms with E-state index >= 15 is 0 Å². The van der Waals surface area contributed by atoms with Crippen LogP contribution in [-0.4, -0.2) is 107 Å². The molecule has 3 aliphatic heterocycles. The van der Waals surface area contributed by atoms with Crippen LogP contribution in [0.5, 0.6) is 0 Å². The van der Waals surface area contributed by atoms with Gasteiger partial charge in [-0.05, 0) is 68.2 Å². The zero-order valence-electron chi connectivity index (χ0n) is 26.4. The van der Waals surface area contributed by atoms with Crippen LogP contribution in [0.25, 0.3) is 0 Å². The van der Waals surface area contributed by atoms with Gasteiger partial charge in [0.05, 0.1) is 13.2 Å². The van der Waals surface area contributed by atoms with Gasteiger partial charge < -0.3 is 9.47 Å². The molecule has 4 unspecified atom stereocenters. The van der Waals surface area contributed by atoms with Crippen molar-refractivity contribution in [3.8, 4) is 0 Å². The van der Waals surface area contributed by atoms with Gasteiger partial charge in [0.1, 0.15) is 11.4 Å². The van der Waals surface area contributed by atoms with Crippen molar-refractivity contribution in [1.29, 1.82) is 0 Å². The summed E-state index contributed by atoms with van der Waals surface area (Å²) in [6.07, 6.45) is 2.05. The Bertz CT molecular complexity index is 781. The van der Waals surface area contributed by atoms with E-state index in [1.807, 2.05) is 14.2 Å². The molecule has 0 amide bonds. The van der Waals surface area contributed by atoms with Crippen molar-refractivity contribution >= 4 is 0 Å². The van der Waals surface area contributed by atoms with Crippen molar-refractivity contribution in [2.75, 3.05) is 53.6 Å². The predicted molar refractivity (Wildman–Crippen MR) is 149 cm³/mol. The molecule has 2 saturated carbocycles. The smallest absolute Gasteiger partial charge is 0.131 e. The summed E-state index contributed by atoms with van der Waals surface area (Å²) >= 11 is 0. The van der Waals surface area contributed by atoms with Gasteiger partial charge in [0, 0.05) is 86.2 Å². The minimum absolute atomic E-state index is 0.0895. The summed E-state index contributed by atoms with van der Waals surface area (Å²) in [5.41, 5.74) is -0.814. The lowest BCUT2D eigenvalue weighted by Gasteiger charge is -2.52. The van der Waals surface area contributed by atoms with E-state index in [1.165, 1.54) is 0 Å². The Balaban J connectivity index is 1.32. The molecule has 8 nitrogen and oxygen atoms in total.